The van der Waals surface area contributed by atoms with Crippen LogP contribution in [0.5, 0.6) is 0 Å². The van der Waals surface area contributed by atoms with Crippen LogP contribution in [0.4, 0.5) is 0 Å². The Bertz CT molecular complexity index is 1210. The first-order valence-electron chi connectivity index (χ1n) is 15.9. The lowest BCUT2D eigenvalue weighted by Gasteiger charge is -2.39. The third kappa shape index (κ3) is 6.61. The van der Waals surface area contributed by atoms with Crippen LogP contribution in [0.1, 0.15) is 70.5 Å². The van der Waals surface area contributed by atoms with E-state index in [9.17, 15) is 24.3 Å². The van der Waals surface area contributed by atoms with Crippen LogP contribution in [-0.4, -0.2) is 88.6 Å². The Balaban J connectivity index is 1.62. The van der Waals surface area contributed by atoms with Crippen molar-refractivity contribution in [1.29, 1.82) is 0 Å². The van der Waals surface area contributed by atoms with Gasteiger partial charge in [0, 0.05) is 32.2 Å². The van der Waals surface area contributed by atoms with Gasteiger partial charge in [0.25, 0.3) is 0 Å². The molecular formula is C34H47N3O7. The SMILES string of the molecule is C=CCCC(=O)NC[C@H](OC(=O)[C@@H]1[C@@H]2CC[C@]3(O2)[C@H](C(=O)N(CC=C)C(C)CCC)N(CCCO)C(=O)[C@@H]13)c1ccccc1. The van der Waals surface area contributed by atoms with E-state index in [0.29, 0.717) is 37.8 Å². The van der Waals surface area contributed by atoms with E-state index in [1.165, 1.54) is 4.90 Å². The summed E-state index contributed by atoms with van der Waals surface area (Å²) in [5.74, 6) is -3.09. The van der Waals surface area contributed by atoms with Gasteiger partial charge >= 0.3 is 5.97 Å². The van der Waals surface area contributed by atoms with E-state index in [4.69, 9.17) is 9.47 Å². The number of aliphatic hydroxyl groups is 1. The van der Waals surface area contributed by atoms with Gasteiger partial charge in [-0.1, -0.05) is 55.8 Å². The number of esters is 1. The Labute approximate surface area is 260 Å². The lowest BCUT2D eigenvalue weighted by atomic mass is 9.70. The number of allylic oxidation sites excluding steroid dienone is 1. The van der Waals surface area contributed by atoms with Gasteiger partial charge in [0.05, 0.1) is 24.5 Å². The molecule has 7 atom stereocenters. The van der Waals surface area contributed by atoms with Crippen molar-refractivity contribution >= 4 is 23.7 Å². The summed E-state index contributed by atoms with van der Waals surface area (Å²) < 4.78 is 12.6. The maximum Gasteiger partial charge on any atom is 0.313 e. The molecule has 4 rings (SSSR count). The maximum atomic E-state index is 14.3. The van der Waals surface area contributed by atoms with Crippen molar-refractivity contribution in [2.75, 3.05) is 26.2 Å². The maximum absolute atomic E-state index is 14.3. The lowest BCUT2D eigenvalue weighted by Crippen LogP contribution is -2.58. The van der Waals surface area contributed by atoms with Crippen molar-refractivity contribution in [3.63, 3.8) is 0 Å². The van der Waals surface area contributed by atoms with Crippen molar-refractivity contribution in [2.24, 2.45) is 11.8 Å². The van der Waals surface area contributed by atoms with Crippen LogP contribution < -0.4 is 5.32 Å². The highest BCUT2D eigenvalue weighted by Gasteiger charge is 2.75. The van der Waals surface area contributed by atoms with Gasteiger partial charge in [-0.05, 0) is 44.6 Å². The van der Waals surface area contributed by atoms with E-state index >= 15 is 0 Å². The van der Waals surface area contributed by atoms with Crippen molar-refractivity contribution in [3.8, 4) is 0 Å². The van der Waals surface area contributed by atoms with Gasteiger partial charge in [-0.25, -0.2) is 0 Å². The van der Waals surface area contributed by atoms with Gasteiger partial charge in [0.2, 0.25) is 17.7 Å². The molecule has 0 saturated carbocycles. The normalized spacial score (nSPS) is 26.5. The van der Waals surface area contributed by atoms with Gasteiger partial charge in [-0.3, -0.25) is 19.2 Å². The Hall–Kier alpha value is -3.50. The summed E-state index contributed by atoms with van der Waals surface area (Å²) in [5.41, 5.74) is -0.450. The third-order valence-corrected chi connectivity index (χ3v) is 9.20. The molecule has 1 aromatic carbocycles. The van der Waals surface area contributed by atoms with E-state index in [2.05, 4.69) is 25.4 Å². The molecule has 3 fully saturated rings. The quantitative estimate of drug-likeness (QED) is 0.205. The van der Waals surface area contributed by atoms with E-state index < -0.39 is 41.7 Å². The second-order valence-electron chi connectivity index (χ2n) is 12.0. The lowest BCUT2D eigenvalue weighted by molar-refractivity contribution is -0.160. The zero-order valence-electron chi connectivity index (χ0n) is 26.0. The highest BCUT2D eigenvalue weighted by Crippen LogP contribution is 2.59. The van der Waals surface area contributed by atoms with Crippen LogP contribution in [0.2, 0.25) is 0 Å². The van der Waals surface area contributed by atoms with Crippen molar-refractivity contribution in [3.05, 3.63) is 61.2 Å². The zero-order chi connectivity index (χ0) is 31.9. The molecule has 3 heterocycles. The smallest absolute Gasteiger partial charge is 0.313 e. The van der Waals surface area contributed by atoms with Crippen LogP contribution >= 0.6 is 0 Å². The van der Waals surface area contributed by atoms with Crippen LogP contribution in [0.25, 0.3) is 0 Å². The molecule has 0 aliphatic carbocycles. The van der Waals surface area contributed by atoms with Crippen LogP contribution in [0, 0.1) is 11.8 Å². The molecule has 240 valence electrons. The van der Waals surface area contributed by atoms with E-state index in [1.54, 1.807) is 17.1 Å². The zero-order valence-corrected chi connectivity index (χ0v) is 26.0. The molecule has 44 heavy (non-hydrogen) atoms. The molecule has 1 unspecified atom stereocenters. The number of likely N-dealkylation sites (tertiary alicyclic amines) is 1. The number of aliphatic hydroxyl groups excluding tert-OH is 1. The molecule has 2 bridgehead atoms. The molecular weight excluding hydrogens is 562 g/mol. The average Bonchev–Trinajstić information content (AvgIpc) is 3.67. The number of nitrogens with zero attached hydrogens (tertiary/aromatic N) is 2. The molecule has 10 nitrogen and oxygen atoms in total. The number of fused-ring (bicyclic) bond motifs is 1. The van der Waals surface area contributed by atoms with Gasteiger partial charge < -0.3 is 29.7 Å². The Morgan fingerprint density at radius 2 is 2.00 bits per heavy atom. The molecule has 3 aliphatic rings. The van der Waals surface area contributed by atoms with Gasteiger partial charge in [-0.2, -0.15) is 0 Å². The fourth-order valence-corrected chi connectivity index (χ4v) is 7.18. The number of amides is 3. The highest BCUT2D eigenvalue weighted by atomic mass is 16.6. The molecule has 0 aromatic heterocycles. The Morgan fingerprint density at radius 1 is 1.25 bits per heavy atom. The molecule has 10 heteroatoms. The second-order valence-corrected chi connectivity index (χ2v) is 12.0. The minimum absolute atomic E-state index is 0.0727. The van der Waals surface area contributed by atoms with E-state index in [0.717, 1.165) is 12.8 Å². The molecule has 1 aromatic rings. The van der Waals surface area contributed by atoms with Gasteiger partial charge in [0.15, 0.2) is 0 Å². The molecule has 0 radical (unpaired) electrons. The summed E-state index contributed by atoms with van der Waals surface area (Å²) in [6, 6.07) is 8.16. The number of ether oxygens (including phenoxy) is 2. The fraction of sp³-hybridized carbons (Fsp3) is 0.588. The molecule has 3 amide bonds. The van der Waals surface area contributed by atoms with Crippen LogP contribution in [0.3, 0.4) is 0 Å². The summed E-state index contributed by atoms with van der Waals surface area (Å²) in [6.07, 6.45) is 5.77. The van der Waals surface area contributed by atoms with Gasteiger partial charge in [-0.15, -0.1) is 13.2 Å². The molecule has 1 spiro atoms. The first kappa shape index (κ1) is 33.4. The molecule has 3 aliphatic heterocycles. The molecule has 2 N–H and O–H groups in total. The Morgan fingerprint density at radius 3 is 2.66 bits per heavy atom. The monoisotopic (exact) mass is 609 g/mol. The first-order valence-corrected chi connectivity index (χ1v) is 15.9. The summed E-state index contributed by atoms with van der Waals surface area (Å²) in [6.45, 7) is 12.0. The number of carbonyl (C=O) groups excluding carboxylic acids is 4. The Kier molecular flexibility index (Phi) is 11.4. The third-order valence-electron chi connectivity index (χ3n) is 9.20. The predicted molar refractivity (Wildman–Crippen MR) is 165 cm³/mol. The first-order chi connectivity index (χ1) is 21.2. The van der Waals surface area contributed by atoms with Crippen LogP contribution in [-0.2, 0) is 28.7 Å². The summed E-state index contributed by atoms with van der Waals surface area (Å²) in [7, 11) is 0. The summed E-state index contributed by atoms with van der Waals surface area (Å²) in [4.78, 5) is 58.1. The average molecular weight is 610 g/mol. The summed E-state index contributed by atoms with van der Waals surface area (Å²) in [5, 5.41) is 12.5. The molecule has 3 saturated heterocycles. The number of benzene rings is 1. The number of hydrogen-bond donors (Lipinski definition) is 2. The van der Waals surface area contributed by atoms with E-state index in [1.807, 2.05) is 37.3 Å². The fourth-order valence-electron chi connectivity index (χ4n) is 7.18. The van der Waals surface area contributed by atoms with Crippen molar-refractivity contribution in [2.45, 2.75) is 88.7 Å². The summed E-state index contributed by atoms with van der Waals surface area (Å²) >= 11 is 0. The standard InChI is InChI=1S/C34H47N3O7/c1-5-8-16-27(39)35-22-26(24-14-10-9-11-15-24)43-33(42)28-25-17-18-34(44-25)29(28)31(40)37(20-12-21-38)30(34)32(41)36(19-7-3)23(4)13-6-2/h5,7,9-11,14-15,23,25-26,28-30,38H,1,3,6,8,12-13,16-22H2,2,4H3,(H,35,39)/t23?,25-,26-,28+,29+,30-,34+/m0/s1. The van der Waals surface area contributed by atoms with E-state index in [-0.39, 0.29) is 49.9 Å². The minimum Gasteiger partial charge on any atom is -0.455 e. The topological polar surface area (TPSA) is 125 Å². The van der Waals surface area contributed by atoms with Gasteiger partial charge in [0.1, 0.15) is 17.7 Å². The minimum atomic E-state index is -1.16. The largest absolute Gasteiger partial charge is 0.455 e. The number of hydrogen-bond acceptors (Lipinski definition) is 7. The van der Waals surface area contributed by atoms with Crippen molar-refractivity contribution in [1.82, 2.24) is 15.1 Å². The van der Waals surface area contributed by atoms with Crippen molar-refractivity contribution < 1.29 is 33.8 Å². The number of rotatable bonds is 17. The number of carbonyl (C=O) groups is 4. The number of nitrogens with one attached hydrogen (secondary N) is 1. The predicted octanol–water partition coefficient (Wildman–Crippen LogP) is 3.31. The second kappa shape index (κ2) is 15.0. The van der Waals surface area contributed by atoms with Crippen LogP contribution in [0.15, 0.2) is 55.6 Å². The highest BCUT2D eigenvalue weighted by molar-refractivity contribution is 5.98.